The summed E-state index contributed by atoms with van der Waals surface area (Å²) in [6, 6.07) is 9.69. The van der Waals surface area contributed by atoms with Crippen LogP contribution in [0.2, 0.25) is 0 Å². The molecule has 94 valence electrons. The molecule has 1 nitrogen and oxygen atoms in total. The summed E-state index contributed by atoms with van der Waals surface area (Å²) in [5.74, 6) is 3.19. The van der Waals surface area contributed by atoms with Crippen molar-refractivity contribution in [3.63, 3.8) is 0 Å². The number of hydrogen-bond acceptors (Lipinski definition) is 2. The van der Waals surface area contributed by atoms with Crippen LogP contribution in [-0.4, -0.2) is 18.3 Å². The van der Waals surface area contributed by atoms with E-state index in [1.54, 1.807) is 0 Å². The SMILES string of the molecule is Cc1cccc(CSCC(C)CNC2CC2)c1. The molecule has 2 heteroatoms. The van der Waals surface area contributed by atoms with Crippen molar-refractivity contribution in [1.82, 2.24) is 5.32 Å². The van der Waals surface area contributed by atoms with E-state index in [2.05, 4.69) is 55.2 Å². The third-order valence-electron chi connectivity index (χ3n) is 3.09. The molecule has 1 unspecified atom stereocenters. The molecule has 0 saturated heterocycles. The largest absolute Gasteiger partial charge is 0.314 e. The Bertz CT molecular complexity index is 347. The van der Waals surface area contributed by atoms with Crippen LogP contribution < -0.4 is 5.32 Å². The van der Waals surface area contributed by atoms with Gasteiger partial charge in [0.15, 0.2) is 0 Å². The van der Waals surface area contributed by atoms with Crippen LogP contribution in [0.4, 0.5) is 0 Å². The molecule has 1 atom stereocenters. The quantitative estimate of drug-likeness (QED) is 0.792. The molecule has 0 radical (unpaired) electrons. The van der Waals surface area contributed by atoms with Crippen molar-refractivity contribution in [2.45, 2.75) is 38.5 Å². The van der Waals surface area contributed by atoms with Crippen molar-refractivity contribution < 1.29 is 0 Å². The summed E-state index contributed by atoms with van der Waals surface area (Å²) in [5.41, 5.74) is 2.82. The van der Waals surface area contributed by atoms with Gasteiger partial charge in [-0.1, -0.05) is 36.8 Å². The average Bonchev–Trinajstić information content (AvgIpc) is 3.10. The van der Waals surface area contributed by atoms with Gasteiger partial charge in [0.2, 0.25) is 0 Å². The van der Waals surface area contributed by atoms with E-state index in [9.17, 15) is 0 Å². The van der Waals surface area contributed by atoms with Gasteiger partial charge in [0, 0.05) is 11.8 Å². The predicted octanol–water partition coefficient (Wildman–Crippen LogP) is 3.62. The second kappa shape index (κ2) is 6.46. The summed E-state index contributed by atoms with van der Waals surface area (Å²) in [4.78, 5) is 0. The summed E-state index contributed by atoms with van der Waals surface area (Å²) in [6.07, 6.45) is 2.78. The van der Waals surface area contributed by atoms with Crippen LogP contribution >= 0.6 is 11.8 Å². The van der Waals surface area contributed by atoms with E-state index in [1.807, 2.05) is 0 Å². The first kappa shape index (κ1) is 13.0. The Hall–Kier alpha value is -0.470. The molecule has 1 aliphatic rings. The van der Waals surface area contributed by atoms with Crippen molar-refractivity contribution in [2.24, 2.45) is 5.92 Å². The maximum absolute atomic E-state index is 3.60. The monoisotopic (exact) mass is 249 g/mol. The summed E-state index contributed by atoms with van der Waals surface area (Å²) in [6.45, 7) is 5.69. The second-order valence-corrected chi connectivity index (χ2v) is 6.32. The predicted molar refractivity (Wildman–Crippen MR) is 77.5 cm³/mol. The Labute approximate surface area is 109 Å². The third kappa shape index (κ3) is 5.13. The van der Waals surface area contributed by atoms with Crippen LogP contribution in [0.3, 0.4) is 0 Å². The molecule has 1 aromatic carbocycles. The Balaban J connectivity index is 1.61. The van der Waals surface area contributed by atoms with Crippen molar-refractivity contribution in [3.05, 3.63) is 35.4 Å². The lowest BCUT2D eigenvalue weighted by Crippen LogP contribution is -2.24. The van der Waals surface area contributed by atoms with Gasteiger partial charge in [-0.25, -0.2) is 0 Å². The second-order valence-electron chi connectivity index (χ2n) is 5.29. The van der Waals surface area contributed by atoms with Gasteiger partial charge in [-0.15, -0.1) is 0 Å². The van der Waals surface area contributed by atoms with Gasteiger partial charge in [0.05, 0.1) is 0 Å². The van der Waals surface area contributed by atoms with Gasteiger partial charge in [-0.3, -0.25) is 0 Å². The van der Waals surface area contributed by atoms with Crippen LogP contribution in [0.1, 0.15) is 30.9 Å². The van der Waals surface area contributed by atoms with Crippen molar-refractivity contribution in [2.75, 3.05) is 12.3 Å². The fraction of sp³-hybridized carbons (Fsp3) is 0.600. The van der Waals surface area contributed by atoms with Crippen LogP contribution in [0.5, 0.6) is 0 Å². The Kier molecular flexibility index (Phi) is 4.93. The van der Waals surface area contributed by atoms with E-state index in [1.165, 1.54) is 36.3 Å². The normalized spacial score (nSPS) is 17.1. The molecule has 1 aliphatic carbocycles. The molecule has 1 N–H and O–H groups in total. The number of nitrogens with one attached hydrogen (secondary N) is 1. The molecule has 1 fully saturated rings. The molecule has 0 aromatic heterocycles. The highest BCUT2D eigenvalue weighted by molar-refractivity contribution is 7.98. The summed E-state index contributed by atoms with van der Waals surface area (Å²) >= 11 is 2.06. The van der Waals surface area contributed by atoms with Gasteiger partial charge in [-0.2, -0.15) is 11.8 Å². The lowest BCUT2D eigenvalue weighted by Gasteiger charge is -2.11. The van der Waals surface area contributed by atoms with Crippen molar-refractivity contribution in [3.8, 4) is 0 Å². The minimum Gasteiger partial charge on any atom is -0.314 e. The lowest BCUT2D eigenvalue weighted by molar-refractivity contribution is 0.556. The van der Waals surface area contributed by atoms with Gasteiger partial charge >= 0.3 is 0 Å². The molecular formula is C15H23NS. The van der Waals surface area contributed by atoms with E-state index < -0.39 is 0 Å². The zero-order valence-electron chi connectivity index (χ0n) is 10.9. The van der Waals surface area contributed by atoms with Crippen LogP contribution in [0.25, 0.3) is 0 Å². The molecule has 17 heavy (non-hydrogen) atoms. The van der Waals surface area contributed by atoms with Crippen LogP contribution in [-0.2, 0) is 5.75 Å². The standard InChI is InChI=1S/C15H23NS/c1-12-4-3-5-14(8-12)11-17-10-13(2)9-16-15-6-7-15/h3-5,8,13,15-16H,6-7,9-11H2,1-2H3. The highest BCUT2D eigenvalue weighted by atomic mass is 32.2. The zero-order chi connectivity index (χ0) is 12.1. The molecule has 0 spiro atoms. The van der Waals surface area contributed by atoms with Crippen molar-refractivity contribution in [1.29, 1.82) is 0 Å². The summed E-state index contributed by atoms with van der Waals surface area (Å²) in [7, 11) is 0. The fourth-order valence-corrected chi connectivity index (χ4v) is 2.95. The summed E-state index contributed by atoms with van der Waals surface area (Å²) in [5, 5.41) is 3.60. The maximum atomic E-state index is 3.60. The molecule has 0 bridgehead atoms. The van der Waals surface area contributed by atoms with Gasteiger partial charge in [0.25, 0.3) is 0 Å². The van der Waals surface area contributed by atoms with E-state index >= 15 is 0 Å². The molecular weight excluding hydrogens is 226 g/mol. The number of thioether (sulfide) groups is 1. The van der Waals surface area contributed by atoms with Crippen LogP contribution in [0, 0.1) is 12.8 Å². The minimum atomic E-state index is 0.783. The number of aryl methyl sites for hydroxylation is 1. The van der Waals surface area contributed by atoms with E-state index in [0.717, 1.165) is 17.7 Å². The third-order valence-corrected chi connectivity index (χ3v) is 4.43. The highest BCUT2D eigenvalue weighted by Gasteiger charge is 2.20. The topological polar surface area (TPSA) is 12.0 Å². The molecule has 0 aliphatic heterocycles. The van der Waals surface area contributed by atoms with Gasteiger partial charge in [0.1, 0.15) is 0 Å². The Morgan fingerprint density at radius 2 is 2.24 bits per heavy atom. The summed E-state index contributed by atoms with van der Waals surface area (Å²) < 4.78 is 0. The number of hydrogen-bond donors (Lipinski definition) is 1. The fourth-order valence-electron chi connectivity index (χ4n) is 1.89. The molecule has 1 saturated carbocycles. The maximum Gasteiger partial charge on any atom is 0.0184 e. The molecule has 0 amide bonds. The average molecular weight is 249 g/mol. The van der Waals surface area contributed by atoms with E-state index in [0.29, 0.717) is 0 Å². The smallest absolute Gasteiger partial charge is 0.0184 e. The number of benzene rings is 1. The minimum absolute atomic E-state index is 0.783. The van der Waals surface area contributed by atoms with Crippen LogP contribution in [0.15, 0.2) is 24.3 Å². The van der Waals surface area contributed by atoms with E-state index in [4.69, 9.17) is 0 Å². The van der Waals surface area contributed by atoms with Gasteiger partial charge in [-0.05, 0) is 43.5 Å². The first-order valence-electron chi connectivity index (χ1n) is 6.60. The zero-order valence-corrected chi connectivity index (χ0v) is 11.7. The Morgan fingerprint density at radius 1 is 1.41 bits per heavy atom. The first-order chi connectivity index (χ1) is 8.24. The molecule has 2 rings (SSSR count). The molecule has 0 heterocycles. The van der Waals surface area contributed by atoms with Crippen molar-refractivity contribution >= 4 is 11.8 Å². The lowest BCUT2D eigenvalue weighted by atomic mass is 10.2. The highest BCUT2D eigenvalue weighted by Crippen LogP contribution is 2.20. The molecule has 1 aromatic rings. The van der Waals surface area contributed by atoms with Gasteiger partial charge < -0.3 is 5.32 Å². The van der Waals surface area contributed by atoms with E-state index in [-0.39, 0.29) is 0 Å². The number of rotatable bonds is 7. The first-order valence-corrected chi connectivity index (χ1v) is 7.76. The Morgan fingerprint density at radius 3 is 2.94 bits per heavy atom.